The topological polar surface area (TPSA) is 42.4 Å². The van der Waals surface area contributed by atoms with Crippen LogP contribution in [0.3, 0.4) is 0 Å². The number of pyridine rings is 1. The van der Waals surface area contributed by atoms with Gasteiger partial charge in [-0.3, -0.25) is 4.98 Å². The van der Waals surface area contributed by atoms with Crippen LogP contribution >= 0.6 is 23.2 Å². The fourth-order valence-corrected chi connectivity index (χ4v) is 2.90. The highest BCUT2D eigenvalue weighted by Crippen LogP contribution is 2.40. The summed E-state index contributed by atoms with van der Waals surface area (Å²) >= 11 is 11.8. The first-order valence-corrected chi connectivity index (χ1v) is 8.85. The molecule has 0 N–H and O–H groups in total. The van der Waals surface area contributed by atoms with Crippen molar-refractivity contribution in [3.8, 4) is 0 Å². The van der Waals surface area contributed by atoms with Gasteiger partial charge in [-0.25, -0.2) is 9.18 Å². The number of alkyl halides is 1. The molecule has 2 heterocycles. The summed E-state index contributed by atoms with van der Waals surface area (Å²) in [5.74, 6) is 0. The lowest BCUT2D eigenvalue weighted by Crippen LogP contribution is -2.45. The Bertz CT molecular complexity index is 568. The zero-order valence-electron chi connectivity index (χ0n) is 14.8. The van der Waals surface area contributed by atoms with E-state index >= 15 is 4.39 Å². The van der Waals surface area contributed by atoms with Gasteiger partial charge in [-0.05, 0) is 26.8 Å². The number of likely N-dealkylation sites (tertiary alicyclic amines) is 1. The lowest BCUT2D eigenvalue weighted by Gasteiger charge is -2.36. The number of hydrogen-bond acceptors (Lipinski definition) is 3. The van der Waals surface area contributed by atoms with Crippen molar-refractivity contribution in [3.63, 3.8) is 0 Å². The van der Waals surface area contributed by atoms with Crippen molar-refractivity contribution in [3.05, 3.63) is 28.0 Å². The third kappa shape index (κ3) is 5.49. The third-order valence-electron chi connectivity index (χ3n) is 3.44. The monoisotopic (exact) mass is 378 g/mol. The molecule has 0 aromatic carbocycles. The maximum atomic E-state index is 15.1. The smallest absolute Gasteiger partial charge is 0.410 e. The minimum Gasteiger partial charge on any atom is -0.444 e. The normalized spacial score (nSPS) is 16.9. The average molecular weight is 379 g/mol. The second-order valence-corrected chi connectivity index (χ2v) is 7.26. The number of rotatable bonds is 1. The molecule has 1 aromatic rings. The summed E-state index contributed by atoms with van der Waals surface area (Å²) in [6.07, 6.45) is 1.20. The molecule has 0 spiro atoms. The molecule has 1 aromatic heterocycles. The first-order valence-electron chi connectivity index (χ1n) is 8.09. The van der Waals surface area contributed by atoms with Crippen LogP contribution in [0.2, 0.25) is 10.0 Å². The van der Waals surface area contributed by atoms with Gasteiger partial charge in [0.25, 0.3) is 0 Å². The fourth-order valence-electron chi connectivity index (χ4n) is 2.35. The Kier molecular flexibility index (Phi) is 7.29. The van der Waals surface area contributed by atoms with Crippen LogP contribution in [0.25, 0.3) is 0 Å². The molecular formula is C17H25Cl2FN2O2. The molecule has 2 rings (SSSR count). The molecule has 0 unspecified atom stereocenters. The molecule has 7 heteroatoms. The van der Waals surface area contributed by atoms with Crippen molar-refractivity contribution < 1.29 is 13.9 Å². The Morgan fingerprint density at radius 3 is 2.29 bits per heavy atom. The van der Waals surface area contributed by atoms with Crippen molar-refractivity contribution in [2.45, 2.75) is 58.7 Å². The number of amides is 1. The Morgan fingerprint density at radius 1 is 1.29 bits per heavy atom. The van der Waals surface area contributed by atoms with Gasteiger partial charge < -0.3 is 9.64 Å². The van der Waals surface area contributed by atoms with E-state index in [0.717, 1.165) is 0 Å². The zero-order chi connectivity index (χ0) is 18.5. The summed E-state index contributed by atoms with van der Waals surface area (Å²) < 4.78 is 20.4. The SMILES string of the molecule is CC.CC(C)(C)OC(=O)N1CCC(F)(c2ncc(Cl)cc2Cl)CC1. The summed E-state index contributed by atoms with van der Waals surface area (Å²) in [4.78, 5) is 17.5. The fraction of sp³-hybridized carbons (Fsp3) is 0.647. The van der Waals surface area contributed by atoms with Crippen molar-refractivity contribution in [2.75, 3.05) is 13.1 Å². The Labute approximate surface area is 153 Å². The van der Waals surface area contributed by atoms with Gasteiger partial charge in [-0.15, -0.1) is 0 Å². The number of carbonyl (C=O) groups is 1. The van der Waals surface area contributed by atoms with Gasteiger partial charge in [0.05, 0.1) is 15.7 Å². The summed E-state index contributed by atoms with van der Waals surface area (Å²) in [5.41, 5.74) is -2.04. The molecule has 0 aliphatic carbocycles. The van der Waals surface area contributed by atoms with Crippen LogP contribution in [0.1, 0.15) is 53.2 Å². The van der Waals surface area contributed by atoms with E-state index in [1.807, 2.05) is 13.8 Å². The van der Waals surface area contributed by atoms with Gasteiger partial charge in [-0.1, -0.05) is 37.0 Å². The van der Waals surface area contributed by atoms with Gasteiger partial charge in [-0.2, -0.15) is 0 Å². The second-order valence-electron chi connectivity index (χ2n) is 6.42. The van der Waals surface area contributed by atoms with Crippen LogP contribution in [-0.2, 0) is 10.4 Å². The van der Waals surface area contributed by atoms with E-state index in [0.29, 0.717) is 5.02 Å². The van der Waals surface area contributed by atoms with Crippen LogP contribution in [0, 0.1) is 0 Å². The van der Waals surface area contributed by atoms with Crippen molar-refractivity contribution in [1.29, 1.82) is 0 Å². The van der Waals surface area contributed by atoms with Crippen molar-refractivity contribution in [1.82, 2.24) is 9.88 Å². The maximum absolute atomic E-state index is 15.1. The minimum atomic E-state index is -1.65. The Morgan fingerprint density at radius 2 is 1.83 bits per heavy atom. The van der Waals surface area contributed by atoms with Crippen molar-refractivity contribution in [2.24, 2.45) is 0 Å². The van der Waals surface area contributed by atoms with Crippen LogP contribution < -0.4 is 0 Å². The number of piperidine rings is 1. The van der Waals surface area contributed by atoms with E-state index < -0.39 is 17.4 Å². The molecule has 1 aliphatic heterocycles. The standard InChI is InChI=1S/C15H19Cl2FN2O2.C2H6/c1-14(2,3)22-13(21)20-6-4-15(18,5-7-20)12-11(17)8-10(16)9-19-12;1-2/h8-9H,4-7H2,1-3H3;1-2H3. The van der Waals surface area contributed by atoms with Crippen LogP contribution in [0.15, 0.2) is 12.3 Å². The number of nitrogens with zero attached hydrogens (tertiary/aromatic N) is 2. The highest BCUT2D eigenvalue weighted by Gasteiger charge is 2.41. The minimum absolute atomic E-state index is 0.126. The van der Waals surface area contributed by atoms with Gasteiger partial charge in [0, 0.05) is 32.1 Å². The molecular weight excluding hydrogens is 354 g/mol. The highest BCUT2D eigenvalue weighted by atomic mass is 35.5. The number of ether oxygens (including phenoxy) is 1. The van der Waals surface area contributed by atoms with E-state index in [9.17, 15) is 4.79 Å². The summed E-state index contributed by atoms with van der Waals surface area (Å²) in [7, 11) is 0. The first kappa shape index (κ1) is 21.0. The van der Waals surface area contributed by atoms with E-state index in [1.54, 1.807) is 20.8 Å². The van der Waals surface area contributed by atoms with E-state index in [4.69, 9.17) is 27.9 Å². The molecule has 136 valence electrons. The van der Waals surface area contributed by atoms with E-state index in [1.165, 1.54) is 17.2 Å². The lowest BCUT2D eigenvalue weighted by molar-refractivity contribution is 0.00130. The summed E-state index contributed by atoms with van der Waals surface area (Å²) in [6.45, 7) is 9.90. The molecule has 0 atom stereocenters. The van der Waals surface area contributed by atoms with Crippen LogP contribution in [-0.4, -0.2) is 34.7 Å². The molecule has 24 heavy (non-hydrogen) atoms. The molecule has 0 saturated carbocycles. The second kappa shape index (κ2) is 8.34. The predicted octanol–water partition coefficient (Wildman–Crippen LogP) is 5.61. The lowest BCUT2D eigenvalue weighted by atomic mass is 9.89. The predicted molar refractivity (Wildman–Crippen MR) is 95.4 cm³/mol. The van der Waals surface area contributed by atoms with Crippen LogP contribution in [0.4, 0.5) is 9.18 Å². The van der Waals surface area contributed by atoms with Gasteiger partial charge >= 0.3 is 6.09 Å². The molecule has 1 amide bonds. The number of carbonyl (C=O) groups excluding carboxylic acids is 1. The molecule has 4 nitrogen and oxygen atoms in total. The van der Waals surface area contributed by atoms with E-state index in [-0.39, 0.29) is 36.6 Å². The van der Waals surface area contributed by atoms with Crippen molar-refractivity contribution >= 4 is 29.3 Å². The average Bonchev–Trinajstić information content (AvgIpc) is 2.47. The summed E-state index contributed by atoms with van der Waals surface area (Å²) in [6, 6.07) is 1.48. The largest absolute Gasteiger partial charge is 0.444 e. The quantitative estimate of drug-likeness (QED) is 0.637. The van der Waals surface area contributed by atoms with Gasteiger partial charge in [0.2, 0.25) is 0 Å². The zero-order valence-corrected chi connectivity index (χ0v) is 16.3. The summed E-state index contributed by atoms with van der Waals surface area (Å²) in [5, 5.41) is 0.573. The number of hydrogen-bond donors (Lipinski definition) is 0. The molecule has 1 fully saturated rings. The molecule has 0 bridgehead atoms. The van der Waals surface area contributed by atoms with Gasteiger partial charge in [0.15, 0.2) is 5.67 Å². The highest BCUT2D eigenvalue weighted by molar-refractivity contribution is 6.34. The number of aromatic nitrogens is 1. The Hall–Kier alpha value is -1.07. The number of halogens is 3. The molecule has 0 radical (unpaired) electrons. The molecule has 1 saturated heterocycles. The van der Waals surface area contributed by atoms with Crippen LogP contribution in [0.5, 0.6) is 0 Å². The Balaban J connectivity index is 0.00000139. The maximum Gasteiger partial charge on any atom is 0.410 e. The van der Waals surface area contributed by atoms with Gasteiger partial charge in [0.1, 0.15) is 5.60 Å². The molecule has 1 aliphatic rings. The first-order chi connectivity index (χ1) is 11.1. The van der Waals surface area contributed by atoms with E-state index in [2.05, 4.69) is 4.98 Å². The third-order valence-corrected chi connectivity index (χ3v) is 3.93.